The van der Waals surface area contributed by atoms with E-state index < -0.39 is 10.0 Å². The van der Waals surface area contributed by atoms with Gasteiger partial charge in [0.1, 0.15) is 16.5 Å². The molecule has 0 atom stereocenters. The topological polar surface area (TPSA) is 98.0 Å². The first kappa shape index (κ1) is 12.3. The smallest absolute Gasteiger partial charge is 0.266 e. The molecule has 0 spiro atoms. The van der Waals surface area contributed by atoms with Crippen LogP contribution in [0.2, 0.25) is 0 Å². The van der Waals surface area contributed by atoms with Crippen LogP contribution in [-0.2, 0) is 10.0 Å². The number of nitrogen functional groups attached to an aromatic ring is 1. The first-order valence-corrected chi connectivity index (χ1v) is 6.64. The van der Waals surface area contributed by atoms with E-state index in [2.05, 4.69) is 14.7 Å². The molecule has 0 amide bonds. The van der Waals surface area contributed by atoms with Crippen LogP contribution < -0.4 is 10.5 Å². The molecule has 0 aliphatic rings. The van der Waals surface area contributed by atoms with E-state index in [4.69, 9.17) is 5.73 Å². The SMILES string of the molecule is Cc1cccnc1NS(=O)(=O)c1cccnc1N. The van der Waals surface area contributed by atoms with Crippen LogP contribution in [0.15, 0.2) is 41.6 Å². The zero-order valence-electron chi connectivity index (χ0n) is 9.66. The van der Waals surface area contributed by atoms with Gasteiger partial charge in [0, 0.05) is 12.4 Å². The van der Waals surface area contributed by atoms with Crippen molar-refractivity contribution in [1.29, 1.82) is 0 Å². The van der Waals surface area contributed by atoms with Gasteiger partial charge >= 0.3 is 0 Å². The lowest BCUT2D eigenvalue weighted by molar-refractivity contribution is 0.601. The highest BCUT2D eigenvalue weighted by Gasteiger charge is 2.19. The summed E-state index contributed by atoms with van der Waals surface area (Å²) < 4.78 is 26.6. The van der Waals surface area contributed by atoms with E-state index in [9.17, 15) is 8.42 Å². The van der Waals surface area contributed by atoms with E-state index in [1.807, 2.05) is 0 Å². The number of aryl methyl sites for hydroxylation is 1. The molecule has 2 rings (SSSR count). The standard InChI is InChI=1S/C11H12N4O2S/c1-8-4-2-7-14-11(8)15-18(16,17)9-5-3-6-13-10(9)12/h2-7H,1H3,(H2,12,13)(H,14,15). The predicted octanol–water partition coefficient (Wildman–Crippen LogP) is 1.17. The number of nitrogens with one attached hydrogen (secondary N) is 1. The number of anilines is 2. The van der Waals surface area contributed by atoms with E-state index in [-0.39, 0.29) is 16.5 Å². The van der Waals surface area contributed by atoms with Gasteiger partial charge in [0.05, 0.1) is 0 Å². The molecule has 0 unspecified atom stereocenters. The number of sulfonamides is 1. The van der Waals surface area contributed by atoms with E-state index >= 15 is 0 Å². The molecule has 0 radical (unpaired) electrons. The van der Waals surface area contributed by atoms with Gasteiger partial charge in [0.2, 0.25) is 0 Å². The first-order chi connectivity index (χ1) is 8.50. The first-order valence-electron chi connectivity index (χ1n) is 5.15. The molecule has 0 bridgehead atoms. The van der Waals surface area contributed by atoms with Gasteiger partial charge in [-0.2, -0.15) is 0 Å². The van der Waals surface area contributed by atoms with Crippen molar-refractivity contribution in [2.75, 3.05) is 10.5 Å². The highest BCUT2D eigenvalue weighted by Crippen LogP contribution is 2.19. The fourth-order valence-corrected chi connectivity index (χ4v) is 2.57. The van der Waals surface area contributed by atoms with Gasteiger partial charge in [-0.25, -0.2) is 18.4 Å². The number of hydrogen-bond acceptors (Lipinski definition) is 5. The average Bonchev–Trinajstić information content (AvgIpc) is 2.32. The van der Waals surface area contributed by atoms with Crippen molar-refractivity contribution in [1.82, 2.24) is 9.97 Å². The van der Waals surface area contributed by atoms with Gasteiger partial charge in [-0.3, -0.25) is 4.72 Å². The molecule has 94 valence electrons. The Kier molecular flexibility index (Phi) is 3.15. The second kappa shape index (κ2) is 4.61. The van der Waals surface area contributed by atoms with E-state index in [1.165, 1.54) is 24.5 Å². The van der Waals surface area contributed by atoms with Gasteiger partial charge < -0.3 is 5.73 Å². The lowest BCUT2D eigenvalue weighted by Crippen LogP contribution is -2.16. The second-order valence-electron chi connectivity index (χ2n) is 3.66. The minimum absolute atomic E-state index is 0.0430. The lowest BCUT2D eigenvalue weighted by Gasteiger charge is -2.10. The van der Waals surface area contributed by atoms with Crippen molar-refractivity contribution in [2.24, 2.45) is 0 Å². The molecule has 0 saturated heterocycles. The number of pyridine rings is 2. The van der Waals surface area contributed by atoms with Gasteiger partial charge in [0.15, 0.2) is 0 Å². The Morgan fingerprint density at radius 2 is 1.83 bits per heavy atom. The molecule has 7 heteroatoms. The van der Waals surface area contributed by atoms with Crippen LogP contribution in [-0.4, -0.2) is 18.4 Å². The van der Waals surface area contributed by atoms with Crippen LogP contribution in [0.5, 0.6) is 0 Å². The van der Waals surface area contributed by atoms with E-state index in [1.54, 1.807) is 19.1 Å². The molecule has 6 nitrogen and oxygen atoms in total. The Balaban J connectivity index is 2.40. The van der Waals surface area contributed by atoms with Crippen molar-refractivity contribution in [3.8, 4) is 0 Å². The van der Waals surface area contributed by atoms with Gasteiger partial charge in [-0.1, -0.05) is 6.07 Å². The highest BCUT2D eigenvalue weighted by atomic mass is 32.2. The van der Waals surface area contributed by atoms with Crippen LogP contribution in [0.4, 0.5) is 11.6 Å². The van der Waals surface area contributed by atoms with Gasteiger partial charge in [0.25, 0.3) is 10.0 Å². The van der Waals surface area contributed by atoms with Crippen LogP contribution in [0.25, 0.3) is 0 Å². The third kappa shape index (κ3) is 2.40. The Morgan fingerprint density at radius 1 is 1.17 bits per heavy atom. The molecule has 0 aliphatic heterocycles. The molecule has 2 heterocycles. The van der Waals surface area contributed by atoms with Crippen molar-refractivity contribution in [2.45, 2.75) is 11.8 Å². The maximum absolute atomic E-state index is 12.1. The van der Waals surface area contributed by atoms with Crippen LogP contribution in [0.1, 0.15) is 5.56 Å². The average molecular weight is 264 g/mol. The highest BCUT2D eigenvalue weighted by molar-refractivity contribution is 7.92. The van der Waals surface area contributed by atoms with Crippen LogP contribution in [0, 0.1) is 6.92 Å². The minimum atomic E-state index is -3.77. The Morgan fingerprint density at radius 3 is 2.50 bits per heavy atom. The zero-order valence-corrected chi connectivity index (χ0v) is 10.5. The quantitative estimate of drug-likeness (QED) is 0.867. The number of hydrogen-bond donors (Lipinski definition) is 2. The van der Waals surface area contributed by atoms with Crippen LogP contribution >= 0.6 is 0 Å². The van der Waals surface area contributed by atoms with Crippen molar-refractivity contribution in [3.05, 3.63) is 42.2 Å². The van der Waals surface area contributed by atoms with Gasteiger partial charge in [-0.15, -0.1) is 0 Å². The molecule has 0 fully saturated rings. The van der Waals surface area contributed by atoms with Crippen LogP contribution in [0.3, 0.4) is 0 Å². The monoisotopic (exact) mass is 264 g/mol. The number of nitrogens with two attached hydrogens (primary N) is 1. The summed E-state index contributed by atoms with van der Waals surface area (Å²) in [6, 6.07) is 6.39. The second-order valence-corrected chi connectivity index (χ2v) is 5.31. The summed E-state index contributed by atoms with van der Waals surface area (Å²) in [5.41, 5.74) is 6.27. The molecular formula is C11H12N4O2S. The van der Waals surface area contributed by atoms with Crippen molar-refractivity contribution >= 4 is 21.7 Å². The fourth-order valence-electron chi connectivity index (χ4n) is 1.40. The largest absolute Gasteiger partial charge is 0.383 e. The lowest BCUT2D eigenvalue weighted by atomic mass is 10.3. The maximum Gasteiger partial charge on any atom is 0.266 e. The van der Waals surface area contributed by atoms with Gasteiger partial charge in [-0.05, 0) is 30.7 Å². The molecule has 3 N–H and O–H groups in total. The molecule has 0 saturated carbocycles. The summed E-state index contributed by atoms with van der Waals surface area (Å²) in [6.07, 6.45) is 2.94. The third-order valence-corrected chi connectivity index (χ3v) is 3.72. The Bertz CT molecular complexity index is 670. The summed E-state index contributed by atoms with van der Waals surface area (Å²) in [6.45, 7) is 1.76. The summed E-state index contributed by atoms with van der Waals surface area (Å²) in [5.74, 6) is 0.235. The minimum Gasteiger partial charge on any atom is -0.383 e. The maximum atomic E-state index is 12.1. The Hall–Kier alpha value is -2.15. The summed E-state index contributed by atoms with van der Waals surface area (Å²) in [5, 5.41) is 0. The molecule has 18 heavy (non-hydrogen) atoms. The van der Waals surface area contributed by atoms with Crippen molar-refractivity contribution in [3.63, 3.8) is 0 Å². The zero-order chi connectivity index (χ0) is 13.2. The van der Waals surface area contributed by atoms with E-state index in [0.29, 0.717) is 0 Å². The fraction of sp³-hybridized carbons (Fsp3) is 0.0909. The number of rotatable bonds is 3. The molecule has 0 aliphatic carbocycles. The number of aromatic nitrogens is 2. The van der Waals surface area contributed by atoms with Crippen molar-refractivity contribution < 1.29 is 8.42 Å². The Labute approximate surface area is 105 Å². The molecule has 0 aromatic carbocycles. The summed E-state index contributed by atoms with van der Waals surface area (Å²) >= 11 is 0. The third-order valence-electron chi connectivity index (χ3n) is 2.33. The normalized spacial score (nSPS) is 11.2. The summed E-state index contributed by atoms with van der Waals surface area (Å²) in [4.78, 5) is 7.65. The van der Waals surface area contributed by atoms with E-state index in [0.717, 1.165) is 5.56 Å². The summed E-state index contributed by atoms with van der Waals surface area (Å²) in [7, 11) is -3.77. The molecular weight excluding hydrogens is 252 g/mol. The predicted molar refractivity (Wildman–Crippen MR) is 68.4 cm³/mol. The molecule has 2 aromatic rings. The number of nitrogens with zero attached hydrogens (tertiary/aromatic N) is 2. The molecule has 2 aromatic heterocycles.